The van der Waals surface area contributed by atoms with E-state index in [9.17, 15) is 0 Å². The molecule has 1 aromatic rings. The SMILES string of the molecule is CCCC(CC)Cc1cccs1. The molecule has 0 aromatic carbocycles. The van der Waals surface area contributed by atoms with E-state index in [0.717, 1.165) is 5.92 Å². The predicted octanol–water partition coefficient (Wildman–Crippen LogP) is 4.12. The summed E-state index contributed by atoms with van der Waals surface area (Å²) in [5.74, 6) is 0.911. The summed E-state index contributed by atoms with van der Waals surface area (Å²) >= 11 is 1.89. The molecule has 1 rings (SSSR count). The molecule has 0 bridgehead atoms. The van der Waals surface area contributed by atoms with Crippen molar-refractivity contribution >= 4 is 11.3 Å². The third kappa shape index (κ3) is 2.98. The summed E-state index contributed by atoms with van der Waals surface area (Å²) in [5, 5.41) is 2.17. The van der Waals surface area contributed by atoms with E-state index in [1.165, 1.54) is 25.7 Å². The van der Waals surface area contributed by atoms with Gasteiger partial charge in [-0.2, -0.15) is 0 Å². The molecule has 0 amide bonds. The zero-order chi connectivity index (χ0) is 8.81. The van der Waals surface area contributed by atoms with Crippen LogP contribution in [0.25, 0.3) is 0 Å². The average molecular weight is 182 g/mol. The maximum Gasteiger partial charge on any atom is 0.00479 e. The monoisotopic (exact) mass is 182 g/mol. The number of hydrogen-bond acceptors (Lipinski definition) is 1. The lowest BCUT2D eigenvalue weighted by atomic mass is 9.96. The highest BCUT2D eigenvalue weighted by molar-refractivity contribution is 7.09. The van der Waals surface area contributed by atoms with E-state index < -0.39 is 0 Å². The Kier molecular flexibility index (Phi) is 4.37. The third-order valence-electron chi connectivity index (χ3n) is 2.34. The van der Waals surface area contributed by atoms with Crippen molar-refractivity contribution in [2.45, 2.75) is 39.5 Å². The lowest BCUT2D eigenvalue weighted by Gasteiger charge is -2.11. The fraction of sp³-hybridized carbons (Fsp3) is 0.636. The second-order valence-electron chi connectivity index (χ2n) is 3.35. The summed E-state index contributed by atoms with van der Waals surface area (Å²) in [6.07, 6.45) is 5.33. The molecule has 1 atom stereocenters. The molecule has 0 fully saturated rings. The molecular weight excluding hydrogens is 164 g/mol. The van der Waals surface area contributed by atoms with Gasteiger partial charge in [0.15, 0.2) is 0 Å². The molecule has 1 aromatic heterocycles. The summed E-state index contributed by atoms with van der Waals surface area (Å²) in [6, 6.07) is 4.40. The van der Waals surface area contributed by atoms with Crippen molar-refractivity contribution in [3.8, 4) is 0 Å². The average Bonchev–Trinajstić information content (AvgIpc) is 2.56. The Morgan fingerprint density at radius 1 is 1.42 bits per heavy atom. The minimum atomic E-state index is 0.911. The van der Waals surface area contributed by atoms with E-state index in [0.29, 0.717) is 0 Å². The first-order valence-corrected chi connectivity index (χ1v) is 5.77. The van der Waals surface area contributed by atoms with Gasteiger partial charge in [-0.05, 0) is 23.8 Å². The summed E-state index contributed by atoms with van der Waals surface area (Å²) in [7, 11) is 0. The van der Waals surface area contributed by atoms with Gasteiger partial charge in [0.2, 0.25) is 0 Å². The molecule has 1 heterocycles. The van der Waals surface area contributed by atoms with Gasteiger partial charge in [-0.15, -0.1) is 11.3 Å². The van der Waals surface area contributed by atoms with Crippen LogP contribution in [0.15, 0.2) is 17.5 Å². The Bertz CT molecular complexity index is 189. The van der Waals surface area contributed by atoms with Crippen LogP contribution >= 0.6 is 11.3 Å². The van der Waals surface area contributed by atoms with Crippen molar-refractivity contribution < 1.29 is 0 Å². The van der Waals surface area contributed by atoms with Gasteiger partial charge in [-0.1, -0.05) is 39.2 Å². The molecule has 68 valence electrons. The second kappa shape index (κ2) is 5.36. The highest BCUT2D eigenvalue weighted by Crippen LogP contribution is 2.20. The minimum absolute atomic E-state index is 0.911. The van der Waals surface area contributed by atoms with Crippen molar-refractivity contribution in [1.29, 1.82) is 0 Å². The summed E-state index contributed by atoms with van der Waals surface area (Å²) in [5.41, 5.74) is 0. The molecule has 0 radical (unpaired) electrons. The molecule has 1 unspecified atom stereocenters. The van der Waals surface area contributed by atoms with Gasteiger partial charge >= 0.3 is 0 Å². The molecule has 0 spiro atoms. The zero-order valence-electron chi connectivity index (χ0n) is 8.05. The van der Waals surface area contributed by atoms with Crippen molar-refractivity contribution in [2.75, 3.05) is 0 Å². The van der Waals surface area contributed by atoms with Crippen molar-refractivity contribution in [1.82, 2.24) is 0 Å². The van der Waals surface area contributed by atoms with Crippen LogP contribution in [0.2, 0.25) is 0 Å². The molecule has 0 aliphatic carbocycles. The maximum atomic E-state index is 2.30. The van der Waals surface area contributed by atoms with Gasteiger partial charge in [0.1, 0.15) is 0 Å². The van der Waals surface area contributed by atoms with Gasteiger partial charge in [-0.3, -0.25) is 0 Å². The fourth-order valence-electron chi connectivity index (χ4n) is 1.57. The Labute approximate surface area is 79.6 Å². The summed E-state index contributed by atoms with van der Waals surface area (Å²) in [4.78, 5) is 1.55. The first-order valence-electron chi connectivity index (χ1n) is 4.89. The molecule has 0 nitrogen and oxygen atoms in total. The Morgan fingerprint density at radius 2 is 2.25 bits per heavy atom. The molecule has 0 saturated carbocycles. The van der Waals surface area contributed by atoms with E-state index in [1.54, 1.807) is 4.88 Å². The first kappa shape index (κ1) is 9.79. The largest absolute Gasteiger partial charge is 0.149 e. The lowest BCUT2D eigenvalue weighted by Crippen LogP contribution is -2.01. The molecular formula is C11H18S. The van der Waals surface area contributed by atoms with Gasteiger partial charge in [0.25, 0.3) is 0 Å². The van der Waals surface area contributed by atoms with Crippen LogP contribution in [0.1, 0.15) is 38.0 Å². The predicted molar refractivity (Wildman–Crippen MR) is 56.7 cm³/mol. The molecule has 1 heteroatoms. The Hall–Kier alpha value is -0.300. The Balaban J connectivity index is 2.37. The van der Waals surface area contributed by atoms with Crippen molar-refractivity contribution in [3.63, 3.8) is 0 Å². The highest BCUT2D eigenvalue weighted by atomic mass is 32.1. The van der Waals surface area contributed by atoms with E-state index >= 15 is 0 Å². The van der Waals surface area contributed by atoms with E-state index in [1.807, 2.05) is 11.3 Å². The van der Waals surface area contributed by atoms with Crippen LogP contribution in [0.4, 0.5) is 0 Å². The topological polar surface area (TPSA) is 0 Å². The first-order chi connectivity index (χ1) is 5.86. The van der Waals surface area contributed by atoms with Crippen LogP contribution in [0.3, 0.4) is 0 Å². The van der Waals surface area contributed by atoms with Gasteiger partial charge in [0, 0.05) is 4.88 Å². The minimum Gasteiger partial charge on any atom is -0.149 e. The fourth-order valence-corrected chi connectivity index (χ4v) is 2.39. The van der Waals surface area contributed by atoms with Crippen LogP contribution in [-0.2, 0) is 6.42 Å². The number of thiophene rings is 1. The van der Waals surface area contributed by atoms with Gasteiger partial charge < -0.3 is 0 Å². The Morgan fingerprint density at radius 3 is 2.75 bits per heavy atom. The molecule has 12 heavy (non-hydrogen) atoms. The van der Waals surface area contributed by atoms with E-state index in [4.69, 9.17) is 0 Å². The van der Waals surface area contributed by atoms with Crippen molar-refractivity contribution in [2.24, 2.45) is 5.92 Å². The maximum absolute atomic E-state index is 2.30. The smallest absolute Gasteiger partial charge is 0.00479 e. The second-order valence-corrected chi connectivity index (χ2v) is 4.38. The quantitative estimate of drug-likeness (QED) is 0.642. The number of hydrogen-bond donors (Lipinski definition) is 0. The molecule has 0 N–H and O–H groups in total. The third-order valence-corrected chi connectivity index (χ3v) is 3.24. The molecule has 0 saturated heterocycles. The molecule has 0 aliphatic rings. The van der Waals surface area contributed by atoms with Crippen LogP contribution in [-0.4, -0.2) is 0 Å². The summed E-state index contributed by atoms with van der Waals surface area (Å²) in [6.45, 7) is 4.57. The van der Waals surface area contributed by atoms with Gasteiger partial charge in [0.05, 0.1) is 0 Å². The standard InChI is InChI=1S/C11H18S/c1-3-6-10(4-2)9-11-7-5-8-12-11/h5,7-8,10H,3-4,6,9H2,1-2H3. The molecule has 0 aliphatic heterocycles. The normalized spacial score (nSPS) is 13.2. The van der Waals surface area contributed by atoms with Crippen molar-refractivity contribution in [3.05, 3.63) is 22.4 Å². The van der Waals surface area contributed by atoms with Crippen LogP contribution in [0.5, 0.6) is 0 Å². The number of rotatable bonds is 5. The zero-order valence-corrected chi connectivity index (χ0v) is 8.86. The van der Waals surface area contributed by atoms with E-state index in [-0.39, 0.29) is 0 Å². The highest BCUT2D eigenvalue weighted by Gasteiger charge is 2.06. The van der Waals surface area contributed by atoms with E-state index in [2.05, 4.69) is 31.4 Å². The lowest BCUT2D eigenvalue weighted by molar-refractivity contribution is 0.465. The van der Waals surface area contributed by atoms with Gasteiger partial charge in [-0.25, -0.2) is 0 Å². The van der Waals surface area contributed by atoms with Crippen LogP contribution < -0.4 is 0 Å². The van der Waals surface area contributed by atoms with Crippen LogP contribution in [0, 0.1) is 5.92 Å². The summed E-state index contributed by atoms with van der Waals surface area (Å²) < 4.78 is 0.